The number of aromatic hydroxyl groups is 2. The summed E-state index contributed by atoms with van der Waals surface area (Å²) in [7, 11) is 0. The Kier molecular flexibility index (Phi) is 8.16. The Balaban J connectivity index is 2.39. The van der Waals surface area contributed by atoms with Gasteiger partial charge in [-0.1, -0.05) is 38.4 Å². The molecular formula is C25H33ClO6. The molecule has 1 fully saturated rings. The second-order valence-corrected chi connectivity index (χ2v) is 9.61. The van der Waals surface area contributed by atoms with Crippen molar-refractivity contribution in [2.45, 2.75) is 73.3 Å². The first-order valence-electron chi connectivity index (χ1n) is 10.9. The highest BCUT2D eigenvalue weighted by Crippen LogP contribution is 2.48. The molecule has 0 radical (unpaired) electrons. The van der Waals surface area contributed by atoms with Gasteiger partial charge in [-0.15, -0.1) is 0 Å². The third-order valence-corrected chi connectivity index (χ3v) is 7.84. The molecule has 1 aliphatic carbocycles. The Morgan fingerprint density at radius 1 is 1.28 bits per heavy atom. The number of hydrogen-bond acceptors (Lipinski definition) is 6. The van der Waals surface area contributed by atoms with Gasteiger partial charge in [0.25, 0.3) is 0 Å². The van der Waals surface area contributed by atoms with Crippen LogP contribution >= 0.6 is 11.6 Å². The van der Waals surface area contributed by atoms with E-state index < -0.39 is 12.1 Å². The van der Waals surface area contributed by atoms with E-state index in [4.69, 9.17) is 16.3 Å². The first-order valence-corrected chi connectivity index (χ1v) is 11.3. The molecule has 1 aromatic rings. The number of rotatable bonds is 7. The maximum absolute atomic E-state index is 12.4. The number of phenolic OH excluding ortho intramolecular Hbond substituents is 2. The summed E-state index contributed by atoms with van der Waals surface area (Å²) in [6, 6.07) is 0. The number of ketones is 1. The minimum absolute atomic E-state index is 0.0124. The van der Waals surface area contributed by atoms with Gasteiger partial charge in [0.1, 0.15) is 23.4 Å². The maximum atomic E-state index is 12.4. The van der Waals surface area contributed by atoms with Crippen molar-refractivity contribution in [2.24, 2.45) is 17.3 Å². The Morgan fingerprint density at radius 3 is 2.47 bits per heavy atom. The monoisotopic (exact) mass is 464 g/mol. The lowest BCUT2D eigenvalue weighted by atomic mass is 9.59. The van der Waals surface area contributed by atoms with E-state index >= 15 is 0 Å². The molecule has 0 heterocycles. The topological polar surface area (TPSA) is 101 Å². The Morgan fingerprint density at radius 2 is 1.91 bits per heavy atom. The highest BCUT2D eigenvalue weighted by atomic mass is 35.5. The number of halogens is 1. The zero-order valence-electron chi connectivity index (χ0n) is 19.6. The largest absolute Gasteiger partial charge is 0.507 e. The van der Waals surface area contributed by atoms with Crippen LogP contribution in [0.25, 0.3) is 0 Å². The molecule has 0 aromatic heterocycles. The SMILES string of the molecule is CC(=O)O[C@@H](C[C@@]1(C)[C@H](C)C(=O)CC[C@@H]1C)/C(C)=C/Cc1c(O)c(Cl)c(C)c(C=O)c1O. The minimum Gasteiger partial charge on any atom is -0.507 e. The van der Waals surface area contributed by atoms with Crippen LogP contribution in [0.15, 0.2) is 11.6 Å². The molecule has 0 spiro atoms. The molecule has 2 rings (SSSR count). The van der Waals surface area contributed by atoms with E-state index in [0.717, 1.165) is 12.0 Å². The van der Waals surface area contributed by atoms with Gasteiger partial charge in [-0.3, -0.25) is 14.4 Å². The predicted octanol–water partition coefficient (Wildman–Crippen LogP) is 5.32. The molecule has 0 saturated heterocycles. The van der Waals surface area contributed by atoms with Gasteiger partial charge < -0.3 is 14.9 Å². The number of ether oxygens (including phenoxy) is 1. The first kappa shape index (κ1) is 25.9. The molecule has 7 heteroatoms. The predicted molar refractivity (Wildman–Crippen MR) is 123 cm³/mol. The third-order valence-electron chi connectivity index (χ3n) is 7.38. The van der Waals surface area contributed by atoms with Crippen molar-refractivity contribution in [1.82, 2.24) is 0 Å². The van der Waals surface area contributed by atoms with Gasteiger partial charge in [-0.05, 0) is 55.6 Å². The zero-order valence-corrected chi connectivity index (χ0v) is 20.4. The van der Waals surface area contributed by atoms with E-state index in [-0.39, 0.29) is 57.1 Å². The van der Waals surface area contributed by atoms with Crippen molar-refractivity contribution in [2.75, 3.05) is 0 Å². The molecule has 6 nitrogen and oxygen atoms in total. The molecule has 0 bridgehead atoms. The minimum atomic E-state index is -0.566. The summed E-state index contributed by atoms with van der Waals surface area (Å²) >= 11 is 6.14. The van der Waals surface area contributed by atoms with Crippen LogP contribution < -0.4 is 0 Å². The van der Waals surface area contributed by atoms with Crippen molar-refractivity contribution in [1.29, 1.82) is 0 Å². The third kappa shape index (κ3) is 5.01. The lowest BCUT2D eigenvalue weighted by Gasteiger charge is -2.45. The average Bonchev–Trinajstić information content (AvgIpc) is 2.73. The van der Waals surface area contributed by atoms with Crippen molar-refractivity contribution < 1.29 is 29.3 Å². The number of allylic oxidation sites excluding steroid dienone is 1. The van der Waals surface area contributed by atoms with Gasteiger partial charge in [0.2, 0.25) is 0 Å². The second-order valence-electron chi connectivity index (χ2n) is 9.23. The summed E-state index contributed by atoms with van der Waals surface area (Å²) in [5, 5.41) is 20.9. The number of benzene rings is 1. The Bertz CT molecular complexity index is 950. The molecule has 0 unspecified atom stereocenters. The van der Waals surface area contributed by atoms with Gasteiger partial charge >= 0.3 is 5.97 Å². The van der Waals surface area contributed by atoms with Gasteiger partial charge in [0, 0.05) is 24.8 Å². The van der Waals surface area contributed by atoms with Crippen LogP contribution in [0.1, 0.15) is 75.4 Å². The quantitative estimate of drug-likeness (QED) is 0.321. The second kappa shape index (κ2) is 10.1. The molecule has 1 saturated carbocycles. The summed E-state index contributed by atoms with van der Waals surface area (Å²) in [4.78, 5) is 35.6. The van der Waals surface area contributed by atoms with Crippen molar-refractivity contribution in [3.05, 3.63) is 33.4 Å². The fourth-order valence-corrected chi connectivity index (χ4v) is 4.80. The summed E-state index contributed by atoms with van der Waals surface area (Å²) in [6.07, 6.45) is 3.61. The van der Waals surface area contributed by atoms with E-state index in [1.54, 1.807) is 13.0 Å². The summed E-state index contributed by atoms with van der Waals surface area (Å²) in [5.41, 5.74) is 0.844. The van der Waals surface area contributed by atoms with Crippen LogP contribution in [0.2, 0.25) is 5.02 Å². The Hall–Kier alpha value is -2.34. The highest BCUT2D eigenvalue weighted by molar-refractivity contribution is 6.33. The fourth-order valence-electron chi connectivity index (χ4n) is 4.59. The smallest absolute Gasteiger partial charge is 0.303 e. The fraction of sp³-hybridized carbons (Fsp3) is 0.560. The molecule has 1 aromatic carbocycles. The lowest BCUT2D eigenvalue weighted by Crippen LogP contribution is -2.44. The van der Waals surface area contributed by atoms with Crippen LogP contribution in [0.3, 0.4) is 0 Å². The van der Waals surface area contributed by atoms with Crippen LogP contribution in [0, 0.1) is 24.2 Å². The van der Waals surface area contributed by atoms with Gasteiger partial charge in [-0.2, -0.15) is 0 Å². The van der Waals surface area contributed by atoms with Crippen molar-refractivity contribution >= 4 is 29.6 Å². The van der Waals surface area contributed by atoms with E-state index in [1.165, 1.54) is 6.92 Å². The number of carbonyl (C=O) groups is 3. The van der Waals surface area contributed by atoms with Crippen LogP contribution in [0.5, 0.6) is 11.5 Å². The summed E-state index contributed by atoms with van der Waals surface area (Å²) < 4.78 is 5.62. The lowest BCUT2D eigenvalue weighted by molar-refractivity contribution is -0.148. The van der Waals surface area contributed by atoms with E-state index in [2.05, 4.69) is 13.8 Å². The molecule has 4 atom stereocenters. The number of esters is 1. The molecule has 32 heavy (non-hydrogen) atoms. The molecule has 0 amide bonds. The number of phenols is 2. The number of Topliss-reactive ketones (excluding diaryl/α,β-unsaturated/α-hetero) is 1. The Labute approximate surface area is 194 Å². The molecule has 176 valence electrons. The maximum Gasteiger partial charge on any atom is 0.303 e. The van der Waals surface area contributed by atoms with Gasteiger partial charge in [0.15, 0.2) is 6.29 Å². The number of carbonyl (C=O) groups excluding carboxylic acids is 3. The van der Waals surface area contributed by atoms with Crippen molar-refractivity contribution in [3.63, 3.8) is 0 Å². The van der Waals surface area contributed by atoms with Crippen LogP contribution in [-0.2, 0) is 20.7 Å². The van der Waals surface area contributed by atoms with Crippen molar-refractivity contribution in [3.8, 4) is 11.5 Å². The summed E-state index contributed by atoms with van der Waals surface area (Å²) in [6.45, 7) is 10.8. The first-order chi connectivity index (χ1) is 14.8. The van der Waals surface area contributed by atoms with Gasteiger partial charge in [-0.25, -0.2) is 0 Å². The average molecular weight is 465 g/mol. The zero-order chi connectivity index (χ0) is 24.4. The molecule has 2 N–H and O–H groups in total. The number of aldehydes is 1. The van der Waals surface area contributed by atoms with E-state index in [0.29, 0.717) is 24.7 Å². The molecule has 0 aliphatic heterocycles. The van der Waals surface area contributed by atoms with E-state index in [9.17, 15) is 24.6 Å². The van der Waals surface area contributed by atoms with Crippen LogP contribution in [-0.4, -0.2) is 34.4 Å². The molecular weight excluding hydrogens is 432 g/mol. The molecule has 1 aliphatic rings. The normalized spacial score (nSPS) is 24.8. The van der Waals surface area contributed by atoms with E-state index in [1.807, 2.05) is 13.8 Å². The number of hydrogen-bond donors (Lipinski definition) is 2. The standard InChI is InChI=1S/C25H33ClO6/c1-13(7-9-18-23(30)19(12-27)15(3)22(26)24(18)31)21(32-17(5)28)11-25(6)14(2)8-10-20(29)16(25)4/h7,12,14,16,21,30-31H,8-11H2,1-6H3/b13-7+/t14-,16+,21-,25+/m0/s1. The van der Waals surface area contributed by atoms with Gasteiger partial charge in [0.05, 0.1) is 10.6 Å². The van der Waals surface area contributed by atoms with Crippen LogP contribution in [0.4, 0.5) is 0 Å². The summed E-state index contributed by atoms with van der Waals surface area (Å²) in [5.74, 6) is -0.691. The highest BCUT2D eigenvalue weighted by Gasteiger charge is 2.45.